The van der Waals surface area contributed by atoms with Gasteiger partial charge in [-0.15, -0.1) is 10.2 Å². The number of imidazole rings is 1. The Kier molecular flexibility index (Phi) is 6.62. The number of piperidine rings is 1. The second kappa shape index (κ2) is 10.1. The Bertz CT molecular complexity index is 1010. The molecule has 172 valence electrons. The second-order valence-corrected chi connectivity index (χ2v) is 8.91. The minimum absolute atomic E-state index is 0.0322. The molecule has 0 N–H and O–H groups in total. The zero-order valence-electron chi connectivity index (χ0n) is 19.0. The molecule has 0 aliphatic carbocycles. The highest BCUT2D eigenvalue weighted by Crippen LogP contribution is 2.24. The molecular weight excluding hydrogens is 414 g/mol. The monoisotopic (exact) mass is 445 g/mol. The number of aromatic nitrogens is 4. The molecule has 2 aromatic heterocycles. The van der Waals surface area contributed by atoms with Crippen LogP contribution in [-0.4, -0.2) is 81.3 Å². The third-order valence-electron chi connectivity index (χ3n) is 6.74. The summed E-state index contributed by atoms with van der Waals surface area (Å²) in [5.41, 5.74) is 1.37. The van der Waals surface area contributed by atoms with Crippen LogP contribution in [-0.2, 0) is 11.2 Å². The van der Waals surface area contributed by atoms with Crippen LogP contribution in [0.1, 0.15) is 18.4 Å². The van der Waals surface area contributed by atoms with E-state index in [-0.39, 0.29) is 5.92 Å². The van der Waals surface area contributed by atoms with E-state index in [1.165, 1.54) is 5.56 Å². The van der Waals surface area contributed by atoms with Crippen molar-refractivity contribution < 1.29 is 4.79 Å². The number of amides is 1. The van der Waals surface area contributed by atoms with Gasteiger partial charge in [0, 0.05) is 58.2 Å². The molecule has 5 rings (SSSR count). The Morgan fingerprint density at radius 1 is 0.939 bits per heavy atom. The first-order chi connectivity index (χ1) is 16.3. The van der Waals surface area contributed by atoms with Crippen molar-refractivity contribution in [3.05, 3.63) is 66.7 Å². The smallest absolute Gasteiger partial charge is 0.227 e. The van der Waals surface area contributed by atoms with E-state index in [1.54, 1.807) is 12.5 Å². The molecule has 0 bridgehead atoms. The molecule has 1 aromatic carbocycles. The Labute approximate surface area is 194 Å². The van der Waals surface area contributed by atoms with Gasteiger partial charge in [0.1, 0.15) is 6.33 Å². The predicted molar refractivity (Wildman–Crippen MR) is 127 cm³/mol. The van der Waals surface area contributed by atoms with Gasteiger partial charge < -0.3 is 9.80 Å². The molecule has 4 heterocycles. The van der Waals surface area contributed by atoms with Gasteiger partial charge in [0.05, 0.1) is 5.92 Å². The molecule has 2 aliphatic rings. The highest BCUT2D eigenvalue weighted by molar-refractivity contribution is 5.80. The molecule has 8 nitrogen and oxygen atoms in total. The molecule has 2 aliphatic heterocycles. The van der Waals surface area contributed by atoms with E-state index in [4.69, 9.17) is 0 Å². The fourth-order valence-corrected chi connectivity index (χ4v) is 4.79. The van der Waals surface area contributed by atoms with Crippen LogP contribution in [0.3, 0.4) is 0 Å². The first-order valence-electron chi connectivity index (χ1n) is 11.9. The minimum Gasteiger partial charge on any atom is -0.354 e. The highest BCUT2D eigenvalue weighted by atomic mass is 16.2. The zero-order chi connectivity index (χ0) is 22.5. The number of carbonyl (C=O) groups is 1. The number of anilines is 1. The molecule has 3 aromatic rings. The lowest BCUT2D eigenvalue weighted by molar-refractivity contribution is -0.137. The van der Waals surface area contributed by atoms with Gasteiger partial charge in [-0.2, -0.15) is 0 Å². The summed E-state index contributed by atoms with van der Waals surface area (Å²) in [4.78, 5) is 24.1. The fourth-order valence-electron chi connectivity index (χ4n) is 4.79. The molecule has 2 fully saturated rings. The van der Waals surface area contributed by atoms with Gasteiger partial charge in [0.25, 0.3) is 0 Å². The van der Waals surface area contributed by atoms with Crippen LogP contribution in [0.25, 0.3) is 5.82 Å². The van der Waals surface area contributed by atoms with Gasteiger partial charge in [-0.1, -0.05) is 30.3 Å². The third kappa shape index (κ3) is 5.22. The fraction of sp³-hybridized carbons (Fsp3) is 0.440. The van der Waals surface area contributed by atoms with Crippen LogP contribution in [0.15, 0.2) is 61.2 Å². The van der Waals surface area contributed by atoms with E-state index >= 15 is 0 Å². The Hall–Kier alpha value is -3.26. The molecular formula is C25H31N7O. The van der Waals surface area contributed by atoms with E-state index in [2.05, 4.69) is 60.2 Å². The van der Waals surface area contributed by atoms with Gasteiger partial charge >= 0.3 is 0 Å². The Morgan fingerprint density at radius 2 is 1.73 bits per heavy atom. The van der Waals surface area contributed by atoms with Crippen LogP contribution in [0.5, 0.6) is 0 Å². The maximum atomic E-state index is 13.3. The number of benzene rings is 1. The van der Waals surface area contributed by atoms with Gasteiger partial charge in [0.15, 0.2) is 11.6 Å². The van der Waals surface area contributed by atoms with Gasteiger partial charge in [0.2, 0.25) is 5.91 Å². The topological polar surface area (TPSA) is 70.4 Å². The summed E-state index contributed by atoms with van der Waals surface area (Å²) in [5.74, 6) is 1.91. The summed E-state index contributed by atoms with van der Waals surface area (Å²) in [6.45, 7) is 6.23. The largest absolute Gasteiger partial charge is 0.354 e. The average Bonchev–Trinajstić information content (AvgIpc) is 3.43. The maximum absolute atomic E-state index is 13.3. The number of nitrogens with zero attached hydrogens (tertiary/aromatic N) is 7. The Balaban J connectivity index is 1.12. The second-order valence-electron chi connectivity index (χ2n) is 8.91. The van der Waals surface area contributed by atoms with E-state index < -0.39 is 0 Å². The van der Waals surface area contributed by atoms with Crippen LogP contribution in [0.4, 0.5) is 5.82 Å². The van der Waals surface area contributed by atoms with E-state index in [0.717, 1.165) is 70.2 Å². The molecule has 1 atom stereocenters. The number of rotatable bonds is 6. The van der Waals surface area contributed by atoms with Crippen molar-refractivity contribution >= 4 is 11.7 Å². The molecule has 1 amide bonds. The summed E-state index contributed by atoms with van der Waals surface area (Å²) >= 11 is 0. The number of hydrogen-bond donors (Lipinski definition) is 0. The predicted octanol–water partition coefficient (Wildman–Crippen LogP) is 2.27. The van der Waals surface area contributed by atoms with Crippen molar-refractivity contribution in [3.63, 3.8) is 0 Å². The molecule has 33 heavy (non-hydrogen) atoms. The van der Waals surface area contributed by atoms with E-state index in [0.29, 0.717) is 12.5 Å². The molecule has 0 radical (unpaired) electrons. The lowest BCUT2D eigenvalue weighted by atomic mass is 9.96. The third-order valence-corrected chi connectivity index (χ3v) is 6.74. The van der Waals surface area contributed by atoms with Crippen molar-refractivity contribution in [2.45, 2.75) is 19.3 Å². The van der Waals surface area contributed by atoms with Crippen molar-refractivity contribution in [1.29, 1.82) is 0 Å². The lowest BCUT2D eigenvalue weighted by Crippen LogP contribution is -2.52. The molecule has 0 spiro atoms. The van der Waals surface area contributed by atoms with Gasteiger partial charge in [-0.3, -0.25) is 14.3 Å². The standard InChI is InChI=1S/C25H31N7O/c33-25(30-17-15-29(16-18-30)13-10-21-5-2-1-3-6-21)22-7-4-12-31(19-22)23-8-9-24(28-27-23)32-14-11-26-20-32/h1-3,5-6,8-9,11,14,20,22H,4,7,10,12-13,15-19H2. The van der Waals surface area contributed by atoms with E-state index in [9.17, 15) is 4.79 Å². The van der Waals surface area contributed by atoms with Crippen molar-refractivity contribution in [3.8, 4) is 5.82 Å². The van der Waals surface area contributed by atoms with Gasteiger partial charge in [-0.25, -0.2) is 4.98 Å². The van der Waals surface area contributed by atoms with Crippen molar-refractivity contribution in [1.82, 2.24) is 29.5 Å². The quantitative estimate of drug-likeness (QED) is 0.580. The van der Waals surface area contributed by atoms with Crippen molar-refractivity contribution in [2.75, 3.05) is 50.7 Å². The highest BCUT2D eigenvalue weighted by Gasteiger charge is 2.31. The molecule has 2 saturated heterocycles. The number of piperazine rings is 1. The zero-order valence-corrected chi connectivity index (χ0v) is 19.0. The molecule has 1 unspecified atom stereocenters. The first-order valence-corrected chi connectivity index (χ1v) is 11.9. The lowest BCUT2D eigenvalue weighted by Gasteiger charge is -2.39. The summed E-state index contributed by atoms with van der Waals surface area (Å²) in [7, 11) is 0. The van der Waals surface area contributed by atoms with Crippen LogP contribution < -0.4 is 4.90 Å². The number of carbonyl (C=O) groups excluding carboxylic acids is 1. The normalized spacial score (nSPS) is 19.6. The average molecular weight is 446 g/mol. The van der Waals surface area contributed by atoms with Crippen molar-refractivity contribution in [2.24, 2.45) is 5.92 Å². The number of hydrogen-bond acceptors (Lipinski definition) is 6. The van der Waals surface area contributed by atoms with Gasteiger partial charge in [-0.05, 0) is 37.0 Å². The summed E-state index contributed by atoms with van der Waals surface area (Å²) in [6.07, 6.45) is 8.29. The summed E-state index contributed by atoms with van der Waals surface area (Å²) < 4.78 is 1.83. The Morgan fingerprint density at radius 3 is 2.45 bits per heavy atom. The summed E-state index contributed by atoms with van der Waals surface area (Å²) in [5, 5.41) is 8.75. The van der Waals surface area contributed by atoms with Crippen LogP contribution >= 0.6 is 0 Å². The first kappa shape index (κ1) is 21.6. The molecule has 8 heteroatoms. The van der Waals surface area contributed by atoms with Crippen LogP contribution in [0, 0.1) is 5.92 Å². The summed E-state index contributed by atoms with van der Waals surface area (Å²) in [6, 6.07) is 14.6. The maximum Gasteiger partial charge on any atom is 0.227 e. The van der Waals surface area contributed by atoms with E-state index in [1.807, 2.05) is 22.9 Å². The minimum atomic E-state index is 0.0322. The molecule has 0 saturated carbocycles. The van der Waals surface area contributed by atoms with Crippen LogP contribution in [0.2, 0.25) is 0 Å². The SMILES string of the molecule is O=C(C1CCCN(c2ccc(-n3ccnc3)nn2)C1)N1CCN(CCc2ccccc2)CC1.